The Balaban J connectivity index is 2.09. The summed E-state index contributed by atoms with van der Waals surface area (Å²) in [5, 5.41) is 14.7. The fourth-order valence-electron chi connectivity index (χ4n) is 1.75. The van der Waals surface area contributed by atoms with Gasteiger partial charge in [-0.2, -0.15) is 5.26 Å². The van der Waals surface area contributed by atoms with Crippen molar-refractivity contribution >= 4 is 17.4 Å². The van der Waals surface area contributed by atoms with Gasteiger partial charge in [-0.25, -0.2) is 4.98 Å². The monoisotopic (exact) mass is 292 g/mol. The molecule has 0 aliphatic heterocycles. The van der Waals surface area contributed by atoms with Gasteiger partial charge in [-0.05, 0) is 37.1 Å². The quantitative estimate of drug-likeness (QED) is 0.670. The summed E-state index contributed by atoms with van der Waals surface area (Å²) in [5.41, 5.74) is 2.63. The predicted octanol–water partition coefficient (Wildman–Crippen LogP) is 3.16. The molecule has 0 fully saturated rings. The third kappa shape index (κ3) is 3.93. The van der Waals surface area contributed by atoms with Crippen molar-refractivity contribution in [2.45, 2.75) is 13.8 Å². The van der Waals surface area contributed by atoms with E-state index in [0.29, 0.717) is 11.5 Å². The van der Waals surface area contributed by atoms with Crippen molar-refractivity contribution in [1.29, 1.82) is 5.26 Å². The van der Waals surface area contributed by atoms with E-state index in [1.54, 1.807) is 18.3 Å². The molecule has 0 atom stereocenters. The van der Waals surface area contributed by atoms with Crippen LogP contribution in [0.3, 0.4) is 0 Å². The molecule has 110 valence electrons. The lowest BCUT2D eigenvalue weighted by Gasteiger charge is -2.07. The van der Waals surface area contributed by atoms with E-state index >= 15 is 0 Å². The summed E-state index contributed by atoms with van der Waals surface area (Å²) < 4.78 is 0. The van der Waals surface area contributed by atoms with Crippen LogP contribution in [0.15, 0.2) is 54.4 Å². The molecule has 0 unspecified atom stereocenters. The molecule has 2 rings (SSSR count). The van der Waals surface area contributed by atoms with Crippen molar-refractivity contribution in [2.75, 3.05) is 10.6 Å². The van der Waals surface area contributed by atoms with Gasteiger partial charge in [0.05, 0.1) is 0 Å². The van der Waals surface area contributed by atoms with E-state index in [9.17, 15) is 4.79 Å². The number of nitrogens with zero attached hydrogens (tertiary/aromatic N) is 2. The van der Waals surface area contributed by atoms with Crippen LogP contribution >= 0.6 is 0 Å². The Morgan fingerprint density at radius 1 is 1.23 bits per heavy atom. The zero-order valence-corrected chi connectivity index (χ0v) is 12.4. The Hall–Kier alpha value is -3.13. The summed E-state index contributed by atoms with van der Waals surface area (Å²) in [6, 6.07) is 12.9. The Morgan fingerprint density at radius 3 is 2.64 bits per heavy atom. The van der Waals surface area contributed by atoms with Gasteiger partial charge in [0, 0.05) is 18.1 Å². The topological polar surface area (TPSA) is 77.8 Å². The molecule has 0 saturated heterocycles. The molecule has 0 bridgehead atoms. The van der Waals surface area contributed by atoms with Crippen molar-refractivity contribution in [3.63, 3.8) is 0 Å². The Labute approximate surface area is 129 Å². The maximum Gasteiger partial charge on any atom is 0.267 e. The van der Waals surface area contributed by atoms with E-state index in [1.165, 1.54) is 6.20 Å². The predicted molar refractivity (Wildman–Crippen MR) is 86.1 cm³/mol. The number of nitrogens with one attached hydrogen (secondary N) is 2. The molecule has 0 aliphatic rings. The molecule has 1 heterocycles. The lowest BCUT2D eigenvalue weighted by Crippen LogP contribution is -2.15. The number of hydrogen-bond acceptors (Lipinski definition) is 4. The first kappa shape index (κ1) is 15.3. The molecule has 0 saturated carbocycles. The minimum absolute atomic E-state index is 0.0226. The third-order valence-electron chi connectivity index (χ3n) is 3.03. The van der Waals surface area contributed by atoms with Gasteiger partial charge in [-0.15, -0.1) is 0 Å². The Morgan fingerprint density at radius 2 is 2.00 bits per heavy atom. The number of benzene rings is 1. The number of carbonyl (C=O) groups is 1. The molecule has 1 aromatic heterocycles. The first-order valence-electron chi connectivity index (χ1n) is 6.76. The second-order valence-electron chi connectivity index (χ2n) is 4.80. The summed E-state index contributed by atoms with van der Waals surface area (Å²) >= 11 is 0. The van der Waals surface area contributed by atoms with Crippen molar-refractivity contribution in [1.82, 2.24) is 4.98 Å². The largest absolute Gasteiger partial charge is 0.345 e. The first-order valence-corrected chi connectivity index (χ1v) is 6.76. The maximum atomic E-state index is 12.1. The van der Waals surface area contributed by atoms with Gasteiger partial charge in [0.15, 0.2) is 0 Å². The summed E-state index contributed by atoms with van der Waals surface area (Å²) in [5.74, 6) is 0.110. The number of nitriles is 1. The van der Waals surface area contributed by atoms with Crippen LogP contribution in [0.4, 0.5) is 11.5 Å². The highest BCUT2D eigenvalue weighted by molar-refractivity contribution is 6.07. The SMILES string of the molecule is Cc1ccc(N/C=C(/C#N)C(=O)Nc2ccccc2C)nc1. The smallest absolute Gasteiger partial charge is 0.267 e. The van der Waals surface area contributed by atoms with Crippen LogP contribution in [0.2, 0.25) is 0 Å². The molecule has 1 amide bonds. The van der Waals surface area contributed by atoms with E-state index in [0.717, 1.165) is 11.1 Å². The van der Waals surface area contributed by atoms with Crippen LogP contribution in [0.5, 0.6) is 0 Å². The zero-order chi connectivity index (χ0) is 15.9. The molecule has 0 aliphatic carbocycles. The minimum atomic E-state index is -0.462. The number of anilines is 2. The maximum absolute atomic E-state index is 12.1. The first-order chi connectivity index (χ1) is 10.6. The lowest BCUT2D eigenvalue weighted by atomic mass is 10.2. The lowest BCUT2D eigenvalue weighted by molar-refractivity contribution is -0.112. The van der Waals surface area contributed by atoms with Gasteiger partial charge in [0.1, 0.15) is 17.5 Å². The molecular weight excluding hydrogens is 276 g/mol. The fourth-order valence-corrected chi connectivity index (χ4v) is 1.75. The number of rotatable bonds is 4. The number of aromatic nitrogens is 1. The molecule has 0 radical (unpaired) electrons. The molecule has 5 heteroatoms. The summed E-state index contributed by atoms with van der Waals surface area (Å²) in [6.07, 6.45) is 3.06. The number of carbonyl (C=O) groups excluding carboxylic acids is 1. The molecule has 1 aromatic carbocycles. The molecule has 0 spiro atoms. The molecule has 5 nitrogen and oxygen atoms in total. The van der Waals surface area contributed by atoms with Gasteiger partial charge < -0.3 is 10.6 Å². The zero-order valence-electron chi connectivity index (χ0n) is 12.4. The second kappa shape index (κ2) is 7.04. The summed E-state index contributed by atoms with van der Waals surface area (Å²) in [4.78, 5) is 16.3. The third-order valence-corrected chi connectivity index (χ3v) is 3.03. The number of pyridine rings is 1. The minimum Gasteiger partial charge on any atom is -0.345 e. The number of amides is 1. The van der Waals surface area contributed by atoms with Crippen LogP contribution in [0.25, 0.3) is 0 Å². The molecule has 2 aromatic rings. The van der Waals surface area contributed by atoms with Gasteiger partial charge in [0.25, 0.3) is 5.91 Å². The highest BCUT2D eigenvalue weighted by atomic mass is 16.1. The molecule has 22 heavy (non-hydrogen) atoms. The van der Waals surface area contributed by atoms with Crippen molar-refractivity contribution in [3.05, 3.63) is 65.5 Å². The second-order valence-corrected chi connectivity index (χ2v) is 4.80. The number of aryl methyl sites for hydroxylation is 2. The van der Waals surface area contributed by atoms with Crippen LogP contribution in [0.1, 0.15) is 11.1 Å². The van der Waals surface area contributed by atoms with E-state index in [4.69, 9.17) is 5.26 Å². The van der Waals surface area contributed by atoms with Crippen LogP contribution < -0.4 is 10.6 Å². The van der Waals surface area contributed by atoms with Crippen LogP contribution in [-0.4, -0.2) is 10.9 Å². The summed E-state index contributed by atoms with van der Waals surface area (Å²) in [7, 11) is 0. The highest BCUT2D eigenvalue weighted by Crippen LogP contribution is 2.14. The normalized spacial score (nSPS) is 10.7. The van der Waals surface area contributed by atoms with Crippen LogP contribution in [0, 0.1) is 25.2 Å². The standard InChI is InChI=1S/C17H16N4O/c1-12-7-8-16(19-10-12)20-11-14(9-18)17(22)21-15-6-4-3-5-13(15)2/h3-8,10-11H,1-2H3,(H,19,20)(H,21,22)/b14-11-. The Kier molecular flexibility index (Phi) is 4.89. The molecule has 2 N–H and O–H groups in total. The number of para-hydroxylation sites is 1. The van der Waals surface area contributed by atoms with Gasteiger partial charge in [-0.1, -0.05) is 24.3 Å². The number of hydrogen-bond donors (Lipinski definition) is 2. The van der Waals surface area contributed by atoms with Crippen molar-refractivity contribution in [3.8, 4) is 6.07 Å². The summed E-state index contributed by atoms with van der Waals surface area (Å²) in [6.45, 7) is 3.82. The van der Waals surface area contributed by atoms with E-state index < -0.39 is 5.91 Å². The average molecular weight is 292 g/mol. The van der Waals surface area contributed by atoms with Crippen molar-refractivity contribution < 1.29 is 4.79 Å². The van der Waals surface area contributed by atoms with Gasteiger partial charge in [-0.3, -0.25) is 4.79 Å². The van der Waals surface area contributed by atoms with Crippen LogP contribution in [-0.2, 0) is 4.79 Å². The Bertz CT molecular complexity index is 742. The highest BCUT2D eigenvalue weighted by Gasteiger charge is 2.10. The molecular formula is C17H16N4O. The van der Waals surface area contributed by atoms with Crippen molar-refractivity contribution in [2.24, 2.45) is 0 Å². The van der Waals surface area contributed by atoms with Gasteiger partial charge in [0.2, 0.25) is 0 Å². The van der Waals surface area contributed by atoms with E-state index in [1.807, 2.05) is 44.2 Å². The fraction of sp³-hybridized carbons (Fsp3) is 0.118. The average Bonchev–Trinajstić information content (AvgIpc) is 2.52. The van der Waals surface area contributed by atoms with E-state index in [-0.39, 0.29) is 5.57 Å². The van der Waals surface area contributed by atoms with E-state index in [2.05, 4.69) is 15.6 Å². The van der Waals surface area contributed by atoms with Gasteiger partial charge >= 0.3 is 0 Å².